The van der Waals surface area contributed by atoms with Crippen LogP contribution in [0.1, 0.15) is 25.7 Å². The van der Waals surface area contributed by atoms with Crippen molar-refractivity contribution in [2.75, 3.05) is 44.8 Å². The summed E-state index contributed by atoms with van der Waals surface area (Å²) < 4.78 is 4.99. The first-order valence-electron chi connectivity index (χ1n) is 10.1. The molecule has 0 aromatic heterocycles. The third-order valence-corrected chi connectivity index (χ3v) is 6.34. The standard InChI is InChI=1S/C21H31N3O2.2ClH/c1-26-15-21(25)22-20-14-24(13-19(20)16-7-8-16)18-9-11-23(12-10-18)17-5-3-2-4-6-17;;/h2-6,16,18-20H,7-15H2,1H3,(H,22,25);2*1H/t19-,20+;;/m1../s1. The molecule has 1 aliphatic carbocycles. The van der Waals surface area contributed by atoms with E-state index in [1.807, 2.05) is 0 Å². The van der Waals surface area contributed by atoms with Gasteiger partial charge in [-0.1, -0.05) is 18.2 Å². The predicted octanol–water partition coefficient (Wildman–Crippen LogP) is 2.97. The van der Waals surface area contributed by atoms with Gasteiger partial charge in [0.2, 0.25) is 5.91 Å². The van der Waals surface area contributed by atoms with Gasteiger partial charge in [-0.15, -0.1) is 24.8 Å². The van der Waals surface area contributed by atoms with E-state index in [9.17, 15) is 4.79 Å². The van der Waals surface area contributed by atoms with Crippen LogP contribution in [0.5, 0.6) is 0 Å². The van der Waals surface area contributed by atoms with E-state index in [1.54, 1.807) is 7.11 Å². The normalized spacial score (nSPS) is 25.7. The van der Waals surface area contributed by atoms with E-state index in [1.165, 1.54) is 31.4 Å². The lowest BCUT2D eigenvalue weighted by Gasteiger charge is -2.38. The Morgan fingerprint density at radius 3 is 2.36 bits per heavy atom. The van der Waals surface area contributed by atoms with E-state index in [4.69, 9.17) is 4.74 Å². The smallest absolute Gasteiger partial charge is 0.246 e. The minimum absolute atomic E-state index is 0. The lowest BCUT2D eigenvalue weighted by molar-refractivity contribution is -0.125. The van der Waals surface area contributed by atoms with Gasteiger partial charge < -0.3 is 15.0 Å². The fraction of sp³-hybridized carbons (Fsp3) is 0.667. The third kappa shape index (κ3) is 5.53. The van der Waals surface area contributed by atoms with Gasteiger partial charge in [-0.05, 0) is 49.7 Å². The fourth-order valence-electron chi connectivity index (χ4n) is 4.82. The van der Waals surface area contributed by atoms with Gasteiger partial charge in [-0.3, -0.25) is 9.69 Å². The molecule has 0 unspecified atom stereocenters. The van der Waals surface area contributed by atoms with Gasteiger partial charge in [0.1, 0.15) is 6.61 Å². The van der Waals surface area contributed by atoms with E-state index in [0.29, 0.717) is 18.0 Å². The van der Waals surface area contributed by atoms with Crippen molar-refractivity contribution in [3.63, 3.8) is 0 Å². The zero-order chi connectivity index (χ0) is 17.9. The number of nitrogens with zero attached hydrogens (tertiary/aromatic N) is 2. The highest BCUT2D eigenvalue weighted by Crippen LogP contribution is 2.42. The lowest BCUT2D eigenvalue weighted by Crippen LogP contribution is -2.46. The minimum atomic E-state index is 0. The second kappa shape index (κ2) is 10.7. The highest BCUT2D eigenvalue weighted by Gasteiger charge is 2.44. The minimum Gasteiger partial charge on any atom is -0.375 e. The van der Waals surface area contributed by atoms with Crippen LogP contribution in [-0.4, -0.2) is 62.8 Å². The zero-order valence-corrected chi connectivity index (χ0v) is 18.2. The van der Waals surface area contributed by atoms with Crippen molar-refractivity contribution in [1.29, 1.82) is 0 Å². The molecule has 1 amide bonds. The molecule has 158 valence electrons. The lowest BCUT2D eigenvalue weighted by atomic mass is 9.98. The molecule has 3 aliphatic rings. The molecule has 2 saturated heterocycles. The van der Waals surface area contributed by atoms with Crippen molar-refractivity contribution in [3.8, 4) is 0 Å². The number of amides is 1. The van der Waals surface area contributed by atoms with Crippen LogP contribution in [0.25, 0.3) is 0 Å². The number of para-hydroxylation sites is 1. The number of anilines is 1. The summed E-state index contributed by atoms with van der Waals surface area (Å²) in [5, 5.41) is 3.24. The van der Waals surface area contributed by atoms with E-state index in [2.05, 4.69) is 45.4 Å². The summed E-state index contributed by atoms with van der Waals surface area (Å²) in [7, 11) is 1.58. The molecule has 1 aromatic rings. The second-order valence-corrected chi connectivity index (χ2v) is 8.12. The highest BCUT2D eigenvalue weighted by atomic mass is 35.5. The summed E-state index contributed by atoms with van der Waals surface area (Å²) >= 11 is 0. The van der Waals surface area contributed by atoms with Gasteiger partial charge in [-0.25, -0.2) is 0 Å². The molecule has 28 heavy (non-hydrogen) atoms. The molecular weight excluding hydrogens is 397 g/mol. The first kappa shape index (κ1) is 23.3. The zero-order valence-electron chi connectivity index (χ0n) is 16.6. The summed E-state index contributed by atoms with van der Waals surface area (Å²) in [6.07, 6.45) is 5.10. The van der Waals surface area contributed by atoms with Crippen LogP contribution >= 0.6 is 24.8 Å². The molecule has 5 nitrogen and oxygen atoms in total. The Kier molecular flexibility index (Phi) is 8.87. The average Bonchev–Trinajstić information content (AvgIpc) is 3.43. The molecule has 0 bridgehead atoms. The summed E-state index contributed by atoms with van der Waals surface area (Å²) in [6, 6.07) is 11.7. The quantitative estimate of drug-likeness (QED) is 0.754. The molecule has 2 atom stereocenters. The maximum absolute atomic E-state index is 12.0. The number of halogens is 2. The Balaban J connectivity index is 0.00000140. The van der Waals surface area contributed by atoms with Crippen molar-refractivity contribution in [2.45, 2.75) is 37.8 Å². The van der Waals surface area contributed by atoms with E-state index in [0.717, 1.165) is 32.1 Å². The van der Waals surface area contributed by atoms with Crippen LogP contribution in [0.3, 0.4) is 0 Å². The average molecular weight is 430 g/mol. The Morgan fingerprint density at radius 2 is 1.75 bits per heavy atom. The van der Waals surface area contributed by atoms with Crippen LogP contribution < -0.4 is 10.2 Å². The molecule has 1 N–H and O–H groups in total. The topological polar surface area (TPSA) is 44.8 Å². The number of ether oxygens (including phenoxy) is 1. The van der Waals surface area contributed by atoms with E-state index >= 15 is 0 Å². The highest BCUT2D eigenvalue weighted by molar-refractivity contribution is 5.85. The van der Waals surface area contributed by atoms with E-state index in [-0.39, 0.29) is 37.3 Å². The number of carbonyl (C=O) groups excluding carboxylic acids is 1. The summed E-state index contributed by atoms with van der Waals surface area (Å²) in [4.78, 5) is 17.2. The Hall–Kier alpha value is -1.01. The van der Waals surface area contributed by atoms with Crippen molar-refractivity contribution in [3.05, 3.63) is 30.3 Å². The molecule has 0 spiro atoms. The van der Waals surface area contributed by atoms with Gasteiger partial charge in [-0.2, -0.15) is 0 Å². The second-order valence-electron chi connectivity index (χ2n) is 8.12. The number of hydrogen-bond donors (Lipinski definition) is 1. The van der Waals surface area contributed by atoms with Crippen molar-refractivity contribution in [1.82, 2.24) is 10.2 Å². The molecule has 3 fully saturated rings. The van der Waals surface area contributed by atoms with Crippen molar-refractivity contribution >= 4 is 36.4 Å². The maximum atomic E-state index is 12.0. The first-order valence-corrected chi connectivity index (χ1v) is 10.1. The number of benzene rings is 1. The summed E-state index contributed by atoms with van der Waals surface area (Å²) in [5.74, 6) is 1.48. The Morgan fingerprint density at radius 1 is 1.07 bits per heavy atom. The van der Waals surface area contributed by atoms with Crippen LogP contribution in [0.4, 0.5) is 5.69 Å². The Labute approximate surface area is 181 Å². The summed E-state index contributed by atoms with van der Waals surface area (Å²) in [5.41, 5.74) is 1.34. The van der Waals surface area contributed by atoms with Gasteiger partial charge in [0.25, 0.3) is 0 Å². The predicted molar refractivity (Wildman–Crippen MR) is 118 cm³/mol. The molecular formula is C21H33Cl2N3O2. The molecule has 0 radical (unpaired) electrons. The Bertz CT molecular complexity index is 607. The van der Waals surface area contributed by atoms with Crippen LogP contribution in [-0.2, 0) is 9.53 Å². The number of likely N-dealkylation sites (tertiary alicyclic amines) is 1. The van der Waals surface area contributed by atoms with Gasteiger partial charge >= 0.3 is 0 Å². The molecule has 1 saturated carbocycles. The van der Waals surface area contributed by atoms with Crippen LogP contribution in [0.2, 0.25) is 0 Å². The van der Waals surface area contributed by atoms with Crippen LogP contribution in [0.15, 0.2) is 30.3 Å². The fourth-order valence-corrected chi connectivity index (χ4v) is 4.82. The monoisotopic (exact) mass is 429 g/mol. The van der Waals surface area contributed by atoms with Gasteiger partial charge in [0, 0.05) is 51.1 Å². The van der Waals surface area contributed by atoms with Gasteiger partial charge in [0.15, 0.2) is 0 Å². The molecule has 2 heterocycles. The molecule has 7 heteroatoms. The number of piperidine rings is 1. The maximum Gasteiger partial charge on any atom is 0.246 e. The first-order chi connectivity index (χ1) is 12.7. The molecule has 2 aliphatic heterocycles. The van der Waals surface area contributed by atoms with Crippen molar-refractivity contribution in [2.24, 2.45) is 11.8 Å². The third-order valence-electron chi connectivity index (χ3n) is 6.34. The molecule has 1 aromatic carbocycles. The SMILES string of the molecule is COCC(=O)N[C@H]1CN(C2CCN(c3ccccc3)CC2)C[C@@H]1C1CC1.Cl.Cl. The number of methoxy groups -OCH3 is 1. The van der Waals surface area contributed by atoms with Crippen molar-refractivity contribution < 1.29 is 9.53 Å². The largest absolute Gasteiger partial charge is 0.375 e. The number of nitrogens with one attached hydrogen (secondary N) is 1. The molecule has 4 rings (SSSR count). The number of hydrogen-bond acceptors (Lipinski definition) is 4. The van der Waals surface area contributed by atoms with Gasteiger partial charge in [0.05, 0.1) is 0 Å². The summed E-state index contributed by atoms with van der Waals surface area (Å²) in [6.45, 7) is 4.58. The van der Waals surface area contributed by atoms with E-state index < -0.39 is 0 Å². The number of rotatable bonds is 6. The van der Waals surface area contributed by atoms with Crippen LogP contribution in [0, 0.1) is 11.8 Å². The number of carbonyl (C=O) groups is 1.